The second kappa shape index (κ2) is 5.39. The van der Waals surface area contributed by atoms with Gasteiger partial charge in [0.1, 0.15) is 6.54 Å². The zero-order chi connectivity index (χ0) is 13.1. The Hall–Kier alpha value is -1.56. The summed E-state index contributed by atoms with van der Waals surface area (Å²) in [5.41, 5.74) is -0.133. The Morgan fingerprint density at radius 1 is 1.33 bits per heavy atom. The van der Waals surface area contributed by atoms with Crippen LogP contribution in [0.2, 0.25) is 0 Å². The maximum absolute atomic E-state index is 12.0. The van der Waals surface area contributed by atoms with Crippen molar-refractivity contribution in [3.63, 3.8) is 0 Å². The van der Waals surface area contributed by atoms with Gasteiger partial charge >= 0.3 is 5.69 Å². The Labute approximate surface area is 106 Å². The normalized spacial score (nSPS) is 16.3. The number of carbonyl (C=O) groups is 1. The van der Waals surface area contributed by atoms with Crippen molar-refractivity contribution in [2.75, 3.05) is 26.3 Å². The van der Waals surface area contributed by atoms with Crippen molar-refractivity contribution in [1.29, 1.82) is 0 Å². The van der Waals surface area contributed by atoms with E-state index in [1.807, 2.05) is 13.8 Å². The molecule has 1 aromatic heterocycles. The number of imidazole rings is 1. The third kappa shape index (κ3) is 2.64. The topological polar surface area (TPSA) is 56.5 Å². The Balaban J connectivity index is 2.05. The highest BCUT2D eigenvalue weighted by atomic mass is 16.5. The summed E-state index contributed by atoms with van der Waals surface area (Å²) in [5, 5.41) is 0. The maximum atomic E-state index is 12.0. The van der Waals surface area contributed by atoms with Gasteiger partial charge in [0, 0.05) is 31.5 Å². The van der Waals surface area contributed by atoms with Crippen LogP contribution in [0.4, 0.5) is 0 Å². The first-order valence-corrected chi connectivity index (χ1v) is 6.22. The van der Waals surface area contributed by atoms with Gasteiger partial charge in [-0.05, 0) is 13.8 Å². The van der Waals surface area contributed by atoms with Crippen molar-refractivity contribution < 1.29 is 9.53 Å². The highest BCUT2D eigenvalue weighted by Crippen LogP contribution is 2.01. The fourth-order valence-electron chi connectivity index (χ4n) is 2.00. The first kappa shape index (κ1) is 12.9. The fraction of sp³-hybridized carbons (Fsp3) is 0.667. The van der Waals surface area contributed by atoms with E-state index >= 15 is 0 Å². The largest absolute Gasteiger partial charge is 0.378 e. The first-order chi connectivity index (χ1) is 8.59. The molecule has 1 aromatic rings. The molecule has 18 heavy (non-hydrogen) atoms. The summed E-state index contributed by atoms with van der Waals surface area (Å²) in [6.45, 7) is 6.36. The van der Waals surface area contributed by atoms with E-state index in [4.69, 9.17) is 4.74 Å². The second-order valence-electron chi connectivity index (χ2n) is 4.70. The molecule has 1 aliphatic heterocycles. The van der Waals surface area contributed by atoms with E-state index in [1.165, 1.54) is 4.57 Å². The van der Waals surface area contributed by atoms with Gasteiger partial charge in [-0.3, -0.25) is 13.9 Å². The van der Waals surface area contributed by atoms with Crippen LogP contribution in [-0.4, -0.2) is 46.2 Å². The van der Waals surface area contributed by atoms with Gasteiger partial charge < -0.3 is 9.64 Å². The van der Waals surface area contributed by atoms with E-state index in [0.29, 0.717) is 26.3 Å². The smallest absolute Gasteiger partial charge is 0.328 e. The average Bonchev–Trinajstić information content (AvgIpc) is 2.72. The third-order valence-corrected chi connectivity index (χ3v) is 3.10. The molecule has 6 nitrogen and oxygen atoms in total. The molecule has 0 aromatic carbocycles. The molecule has 0 saturated carbocycles. The van der Waals surface area contributed by atoms with Crippen LogP contribution in [0.1, 0.15) is 19.9 Å². The van der Waals surface area contributed by atoms with Crippen molar-refractivity contribution >= 4 is 5.91 Å². The molecule has 0 spiro atoms. The number of rotatable bonds is 3. The zero-order valence-electron chi connectivity index (χ0n) is 10.8. The molecule has 0 unspecified atom stereocenters. The quantitative estimate of drug-likeness (QED) is 0.767. The molecule has 1 fully saturated rings. The van der Waals surface area contributed by atoms with Crippen LogP contribution in [-0.2, 0) is 16.1 Å². The van der Waals surface area contributed by atoms with Crippen LogP contribution in [0.3, 0.4) is 0 Å². The molecule has 2 rings (SSSR count). The highest BCUT2D eigenvalue weighted by Gasteiger charge is 2.18. The van der Waals surface area contributed by atoms with Crippen LogP contribution >= 0.6 is 0 Å². The van der Waals surface area contributed by atoms with E-state index in [1.54, 1.807) is 21.9 Å². The van der Waals surface area contributed by atoms with Crippen molar-refractivity contribution in [2.24, 2.45) is 0 Å². The predicted octanol–water partition coefficient (Wildman–Crippen LogP) is 0.0895. The zero-order valence-corrected chi connectivity index (χ0v) is 10.8. The standard InChI is InChI=1S/C12H19N3O3/c1-10(2)15-4-3-14(12(15)17)9-11(16)13-5-7-18-8-6-13/h3-4,10H,5-9H2,1-2H3. The number of hydrogen-bond donors (Lipinski definition) is 0. The van der Waals surface area contributed by atoms with Gasteiger partial charge in [-0.1, -0.05) is 0 Å². The number of nitrogens with zero attached hydrogens (tertiary/aromatic N) is 3. The lowest BCUT2D eigenvalue weighted by molar-refractivity contribution is -0.135. The summed E-state index contributed by atoms with van der Waals surface area (Å²) in [7, 11) is 0. The number of amides is 1. The van der Waals surface area contributed by atoms with Gasteiger partial charge in [0.25, 0.3) is 0 Å². The molecule has 6 heteroatoms. The molecule has 0 N–H and O–H groups in total. The first-order valence-electron chi connectivity index (χ1n) is 6.22. The van der Waals surface area contributed by atoms with Gasteiger partial charge in [0.05, 0.1) is 13.2 Å². The van der Waals surface area contributed by atoms with Gasteiger partial charge in [-0.25, -0.2) is 4.79 Å². The minimum Gasteiger partial charge on any atom is -0.378 e. The Morgan fingerprint density at radius 3 is 2.56 bits per heavy atom. The lowest BCUT2D eigenvalue weighted by atomic mass is 10.4. The number of morpholine rings is 1. The monoisotopic (exact) mass is 253 g/mol. The maximum Gasteiger partial charge on any atom is 0.328 e. The summed E-state index contributed by atoms with van der Waals surface area (Å²) in [4.78, 5) is 25.7. The van der Waals surface area contributed by atoms with Crippen LogP contribution in [0, 0.1) is 0 Å². The number of aromatic nitrogens is 2. The van der Waals surface area contributed by atoms with Gasteiger partial charge in [0.2, 0.25) is 5.91 Å². The van der Waals surface area contributed by atoms with Gasteiger partial charge in [-0.15, -0.1) is 0 Å². The summed E-state index contributed by atoms with van der Waals surface area (Å²) in [6.07, 6.45) is 3.39. The number of hydrogen-bond acceptors (Lipinski definition) is 3. The Morgan fingerprint density at radius 2 is 2.00 bits per heavy atom. The van der Waals surface area contributed by atoms with E-state index in [2.05, 4.69) is 0 Å². The molecule has 0 aliphatic carbocycles. The van der Waals surface area contributed by atoms with Crippen molar-refractivity contribution in [3.05, 3.63) is 22.9 Å². The van der Waals surface area contributed by atoms with Crippen molar-refractivity contribution in [2.45, 2.75) is 26.4 Å². The van der Waals surface area contributed by atoms with E-state index < -0.39 is 0 Å². The second-order valence-corrected chi connectivity index (χ2v) is 4.70. The molecule has 100 valence electrons. The van der Waals surface area contributed by atoms with Gasteiger partial charge in [-0.2, -0.15) is 0 Å². The molecule has 1 amide bonds. The van der Waals surface area contributed by atoms with E-state index in [0.717, 1.165) is 0 Å². The predicted molar refractivity (Wildman–Crippen MR) is 66.5 cm³/mol. The summed E-state index contributed by atoms with van der Waals surface area (Å²) >= 11 is 0. The van der Waals surface area contributed by atoms with Crippen molar-refractivity contribution in [1.82, 2.24) is 14.0 Å². The summed E-state index contributed by atoms with van der Waals surface area (Å²) in [6, 6.07) is 0.109. The molecule has 1 aliphatic rings. The molecule has 2 heterocycles. The van der Waals surface area contributed by atoms with Crippen LogP contribution in [0.25, 0.3) is 0 Å². The SMILES string of the molecule is CC(C)n1ccn(CC(=O)N2CCOCC2)c1=O. The minimum atomic E-state index is -0.133. The van der Waals surface area contributed by atoms with Crippen LogP contribution < -0.4 is 5.69 Å². The van der Waals surface area contributed by atoms with Crippen molar-refractivity contribution in [3.8, 4) is 0 Å². The molecule has 0 radical (unpaired) electrons. The average molecular weight is 253 g/mol. The minimum absolute atomic E-state index is 0.0260. The molecular formula is C12H19N3O3. The van der Waals surface area contributed by atoms with Gasteiger partial charge in [0.15, 0.2) is 0 Å². The lowest BCUT2D eigenvalue weighted by Crippen LogP contribution is -2.43. The summed E-state index contributed by atoms with van der Waals surface area (Å²) in [5.74, 6) is -0.0260. The Bertz CT molecular complexity index is 469. The molecule has 1 saturated heterocycles. The number of ether oxygens (including phenoxy) is 1. The molecule has 0 bridgehead atoms. The third-order valence-electron chi connectivity index (χ3n) is 3.10. The fourth-order valence-corrected chi connectivity index (χ4v) is 2.00. The Kier molecular flexibility index (Phi) is 3.86. The number of carbonyl (C=O) groups excluding carboxylic acids is 1. The highest BCUT2D eigenvalue weighted by molar-refractivity contribution is 5.76. The van der Waals surface area contributed by atoms with E-state index in [9.17, 15) is 9.59 Å². The van der Waals surface area contributed by atoms with Crippen LogP contribution in [0.5, 0.6) is 0 Å². The lowest BCUT2D eigenvalue weighted by Gasteiger charge is -2.26. The summed E-state index contributed by atoms with van der Waals surface area (Å²) < 4.78 is 8.27. The molecule has 0 atom stereocenters. The van der Waals surface area contributed by atoms with Crippen LogP contribution in [0.15, 0.2) is 17.2 Å². The van der Waals surface area contributed by atoms with E-state index in [-0.39, 0.29) is 24.2 Å². The molecular weight excluding hydrogens is 234 g/mol.